The van der Waals surface area contributed by atoms with Crippen molar-refractivity contribution in [1.29, 1.82) is 0 Å². The van der Waals surface area contributed by atoms with E-state index in [9.17, 15) is 4.79 Å². The smallest absolute Gasteiger partial charge is 0.356 e. The Kier molecular flexibility index (Phi) is 5.70. The van der Waals surface area contributed by atoms with Crippen LogP contribution in [-0.4, -0.2) is 18.1 Å². The molecule has 0 aliphatic rings. The summed E-state index contributed by atoms with van der Waals surface area (Å²) in [6.45, 7) is 4.37. The van der Waals surface area contributed by atoms with Gasteiger partial charge < -0.3 is 4.74 Å². The molecule has 3 heteroatoms. The predicted octanol–water partition coefficient (Wildman–Crippen LogP) is 4.44. The molecule has 3 nitrogen and oxygen atoms in total. The van der Waals surface area contributed by atoms with Crippen molar-refractivity contribution in [2.75, 3.05) is 7.11 Å². The van der Waals surface area contributed by atoms with Crippen molar-refractivity contribution in [1.82, 2.24) is 4.98 Å². The lowest BCUT2D eigenvalue weighted by molar-refractivity contribution is 0.0594. The van der Waals surface area contributed by atoms with Crippen LogP contribution in [0.15, 0.2) is 36.4 Å². The van der Waals surface area contributed by atoms with Crippen LogP contribution >= 0.6 is 0 Å². The molecule has 0 spiro atoms. The molecule has 0 aliphatic heterocycles. The molecule has 0 unspecified atom stereocenters. The summed E-state index contributed by atoms with van der Waals surface area (Å²) in [5, 5.41) is 0. The second kappa shape index (κ2) is 7.74. The molecule has 0 aliphatic carbocycles. The van der Waals surface area contributed by atoms with E-state index in [4.69, 9.17) is 4.74 Å². The molecule has 1 heterocycles. The van der Waals surface area contributed by atoms with Gasteiger partial charge in [-0.2, -0.15) is 0 Å². The minimum atomic E-state index is -0.402. The highest BCUT2D eigenvalue weighted by Crippen LogP contribution is 2.23. The molecular formula is C19H23NO2. The van der Waals surface area contributed by atoms with Gasteiger partial charge in [-0.3, -0.25) is 0 Å². The molecule has 0 N–H and O–H groups in total. The minimum absolute atomic E-state index is 0.345. The zero-order valence-corrected chi connectivity index (χ0v) is 13.6. The van der Waals surface area contributed by atoms with E-state index < -0.39 is 5.97 Å². The van der Waals surface area contributed by atoms with Crippen molar-refractivity contribution in [2.45, 2.75) is 39.5 Å². The van der Waals surface area contributed by atoms with E-state index in [-0.39, 0.29) is 0 Å². The van der Waals surface area contributed by atoms with E-state index >= 15 is 0 Å². The zero-order valence-electron chi connectivity index (χ0n) is 13.6. The Morgan fingerprint density at radius 3 is 2.23 bits per heavy atom. The Balaban J connectivity index is 2.44. The molecule has 2 rings (SSSR count). The van der Waals surface area contributed by atoms with E-state index in [2.05, 4.69) is 37.0 Å². The number of hydrogen-bond donors (Lipinski definition) is 0. The molecule has 22 heavy (non-hydrogen) atoms. The summed E-state index contributed by atoms with van der Waals surface area (Å²) in [4.78, 5) is 16.1. The Labute approximate surface area is 132 Å². The van der Waals surface area contributed by atoms with Gasteiger partial charge in [0.25, 0.3) is 0 Å². The van der Waals surface area contributed by atoms with E-state index in [0.717, 1.165) is 36.9 Å². The Morgan fingerprint density at radius 1 is 1.05 bits per heavy atom. The van der Waals surface area contributed by atoms with Crippen LogP contribution in [0.4, 0.5) is 0 Å². The van der Waals surface area contributed by atoms with Gasteiger partial charge in [-0.1, -0.05) is 38.8 Å². The molecule has 0 amide bonds. The molecule has 0 fully saturated rings. The standard InChI is InChI=1S/C19H23NO2/c1-4-7-14-11-15(8-5-2)13-16(12-14)17-9-6-10-18(20-17)19(21)22-3/h6,9-13H,4-5,7-8H2,1-3H3. The molecule has 0 atom stereocenters. The van der Waals surface area contributed by atoms with Gasteiger partial charge in [0.15, 0.2) is 0 Å². The second-order valence-electron chi connectivity index (χ2n) is 5.44. The van der Waals surface area contributed by atoms with Gasteiger partial charge >= 0.3 is 5.97 Å². The maximum atomic E-state index is 11.7. The Hall–Kier alpha value is -2.16. The summed E-state index contributed by atoms with van der Waals surface area (Å²) in [6, 6.07) is 12.1. The van der Waals surface area contributed by atoms with Crippen molar-refractivity contribution in [3.05, 3.63) is 53.2 Å². The SMILES string of the molecule is CCCc1cc(CCC)cc(-c2cccc(C(=O)OC)n2)c1. The summed E-state index contributed by atoms with van der Waals surface area (Å²) in [5.41, 5.74) is 4.89. The Bertz CT molecular complexity index is 625. The molecule has 1 aromatic heterocycles. The maximum Gasteiger partial charge on any atom is 0.356 e. The minimum Gasteiger partial charge on any atom is -0.464 e. The summed E-state index contributed by atoms with van der Waals surface area (Å²) in [7, 11) is 1.37. The first-order chi connectivity index (χ1) is 10.7. The fourth-order valence-electron chi connectivity index (χ4n) is 2.59. The lowest BCUT2D eigenvalue weighted by Crippen LogP contribution is -2.04. The highest BCUT2D eigenvalue weighted by Gasteiger charge is 2.10. The molecular weight excluding hydrogens is 274 g/mol. The maximum absolute atomic E-state index is 11.7. The van der Waals surface area contributed by atoms with Gasteiger partial charge in [-0.15, -0.1) is 0 Å². The largest absolute Gasteiger partial charge is 0.464 e. The number of rotatable bonds is 6. The van der Waals surface area contributed by atoms with Gasteiger partial charge in [0, 0.05) is 5.56 Å². The van der Waals surface area contributed by atoms with Crippen LogP contribution in [0.1, 0.15) is 48.3 Å². The van der Waals surface area contributed by atoms with E-state index in [1.807, 2.05) is 12.1 Å². The first kappa shape index (κ1) is 16.2. The van der Waals surface area contributed by atoms with Crippen molar-refractivity contribution in [2.24, 2.45) is 0 Å². The number of esters is 1. The van der Waals surface area contributed by atoms with Crippen LogP contribution < -0.4 is 0 Å². The van der Waals surface area contributed by atoms with Gasteiger partial charge in [0.2, 0.25) is 0 Å². The number of methoxy groups -OCH3 is 1. The number of pyridine rings is 1. The van der Waals surface area contributed by atoms with E-state index in [1.54, 1.807) is 6.07 Å². The lowest BCUT2D eigenvalue weighted by atomic mass is 9.98. The first-order valence-corrected chi connectivity index (χ1v) is 7.86. The van der Waals surface area contributed by atoms with Crippen molar-refractivity contribution >= 4 is 5.97 Å². The summed E-state index contributed by atoms with van der Waals surface area (Å²) in [5.74, 6) is -0.402. The predicted molar refractivity (Wildman–Crippen MR) is 89.0 cm³/mol. The third kappa shape index (κ3) is 3.94. The van der Waals surface area contributed by atoms with Crippen molar-refractivity contribution < 1.29 is 9.53 Å². The number of aryl methyl sites for hydroxylation is 2. The van der Waals surface area contributed by atoms with Crippen molar-refractivity contribution in [3.63, 3.8) is 0 Å². The summed E-state index contributed by atoms with van der Waals surface area (Å²) < 4.78 is 4.75. The highest BCUT2D eigenvalue weighted by molar-refractivity contribution is 5.87. The van der Waals surface area contributed by atoms with Gasteiger partial charge in [0.1, 0.15) is 5.69 Å². The second-order valence-corrected chi connectivity index (χ2v) is 5.44. The summed E-state index contributed by atoms with van der Waals surface area (Å²) in [6.07, 6.45) is 4.35. The number of nitrogens with zero attached hydrogens (tertiary/aromatic N) is 1. The van der Waals surface area contributed by atoms with Gasteiger partial charge in [-0.25, -0.2) is 9.78 Å². The number of hydrogen-bond acceptors (Lipinski definition) is 3. The highest BCUT2D eigenvalue weighted by atomic mass is 16.5. The normalized spacial score (nSPS) is 10.5. The summed E-state index contributed by atoms with van der Waals surface area (Å²) >= 11 is 0. The molecule has 116 valence electrons. The molecule has 0 saturated heterocycles. The fourth-order valence-corrected chi connectivity index (χ4v) is 2.59. The monoisotopic (exact) mass is 297 g/mol. The molecule has 0 saturated carbocycles. The van der Waals surface area contributed by atoms with Crippen molar-refractivity contribution in [3.8, 4) is 11.3 Å². The van der Waals surface area contributed by atoms with Gasteiger partial charge in [-0.05, 0) is 48.2 Å². The average Bonchev–Trinajstić information content (AvgIpc) is 2.54. The number of benzene rings is 1. The third-order valence-corrected chi connectivity index (χ3v) is 3.57. The van der Waals surface area contributed by atoms with Crippen LogP contribution in [0, 0.1) is 0 Å². The van der Waals surface area contributed by atoms with Crippen LogP contribution in [0.5, 0.6) is 0 Å². The van der Waals surface area contributed by atoms with Gasteiger partial charge in [0.05, 0.1) is 12.8 Å². The van der Waals surface area contributed by atoms with Crippen LogP contribution in [0.25, 0.3) is 11.3 Å². The first-order valence-electron chi connectivity index (χ1n) is 7.86. The average molecular weight is 297 g/mol. The van der Waals surface area contributed by atoms with Crippen LogP contribution in [0.2, 0.25) is 0 Å². The molecule has 0 radical (unpaired) electrons. The number of aromatic nitrogens is 1. The van der Waals surface area contributed by atoms with Crippen LogP contribution in [-0.2, 0) is 17.6 Å². The number of carbonyl (C=O) groups excluding carboxylic acids is 1. The van der Waals surface area contributed by atoms with Crippen LogP contribution in [0.3, 0.4) is 0 Å². The molecule has 1 aromatic carbocycles. The number of carbonyl (C=O) groups is 1. The molecule has 0 bridgehead atoms. The Morgan fingerprint density at radius 2 is 1.68 bits per heavy atom. The van der Waals surface area contributed by atoms with E-state index in [0.29, 0.717) is 5.69 Å². The molecule has 2 aromatic rings. The third-order valence-electron chi connectivity index (χ3n) is 3.57. The number of ether oxygens (including phenoxy) is 1. The zero-order chi connectivity index (χ0) is 15.9. The topological polar surface area (TPSA) is 39.2 Å². The van der Waals surface area contributed by atoms with E-state index in [1.165, 1.54) is 18.2 Å². The quantitative estimate of drug-likeness (QED) is 0.740. The lowest BCUT2D eigenvalue weighted by Gasteiger charge is -2.09. The fraction of sp³-hybridized carbons (Fsp3) is 0.368.